The molecule has 3 rings (SSSR count). The second kappa shape index (κ2) is 10.1. The lowest BCUT2D eigenvalue weighted by atomic mass is 10.0. The lowest BCUT2D eigenvalue weighted by molar-refractivity contribution is 0.301. The fourth-order valence-electron chi connectivity index (χ4n) is 3.88. The number of allylic oxidation sites excluding steroid dienone is 1. The average Bonchev–Trinajstić information content (AvgIpc) is 3.07. The Morgan fingerprint density at radius 3 is 2.55 bits per heavy atom. The molecule has 0 saturated heterocycles. The minimum absolute atomic E-state index is 0.110. The van der Waals surface area contributed by atoms with Gasteiger partial charge in [-0.15, -0.1) is 0 Å². The number of ether oxygens (including phenoxy) is 1. The van der Waals surface area contributed by atoms with Gasteiger partial charge in [0.05, 0.1) is 17.8 Å². The van der Waals surface area contributed by atoms with Crippen LogP contribution in [-0.2, 0) is 13.6 Å². The fraction of sp³-hybridized carbons (Fsp3) is 0.360. The first-order chi connectivity index (χ1) is 15.6. The summed E-state index contributed by atoms with van der Waals surface area (Å²) < 4.78 is 36.5. The van der Waals surface area contributed by atoms with Gasteiger partial charge in [-0.3, -0.25) is 4.68 Å². The van der Waals surface area contributed by atoms with Crippen LogP contribution in [0.15, 0.2) is 41.6 Å². The van der Waals surface area contributed by atoms with E-state index >= 15 is 0 Å². The molecule has 1 heterocycles. The number of fused-ring (bicyclic) bond motifs is 1. The van der Waals surface area contributed by atoms with E-state index in [1.165, 1.54) is 6.07 Å². The molecular formula is C25H31F2N5O. The molecule has 3 aromatic rings. The van der Waals surface area contributed by atoms with Gasteiger partial charge in [0.25, 0.3) is 0 Å². The second-order valence-electron chi connectivity index (χ2n) is 8.36. The molecular weight excluding hydrogens is 424 g/mol. The summed E-state index contributed by atoms with van der Waals surface area (Å²) in [6.07, 6.45) is 0.395. The van der Waals surface area contributed by atoms with Gasteiger partial charge in [0.2, 0.25) is 5.82 Å². The van der Waals surface area contributed by atoms with E-state index in [0.29, 0.717) is 24.2 Å². The third-order valence-corrected chi connectivity index (χ3v) is 5.63. The maximum Gasteiger partial charge on any atom is 0.201 e. The first-order valence-corrected chi connectivity index (χ1v) is 10.8. The van der Waals surface area contributed by atoms with Gasteiger partial charge in [-0.1, -0.05) is 6.07 Å². The van der Waals surface area contributed by atoms with Gasteiger partial charge in [-0.2, -0.15) is 9.49 Å². The molecule has 0 aliphatic rings. The van der Waals surface area contributed by atoms with Gasteiger partial charge in [0.1, 0.15) is 0 Å². The Hall–Kier alpha value is -3.26. The summed E-state index contributed by atoms with van der Waals surface area (Å²) in [6, 6.07) is 8.38. The van der Waals surface area contributed by atoms with Gasteiger partial charge < -0.3 is 20.4 Å². The average molecular weight is 456 g/mol. The van der Waals surface area contributed by atoms with E-state index in [4.69, 9.17) is 10.1 Å². The van der Waals surface area contributed by atoms with Crippen LogP contribution in [0.5, 0.6) is 5.75 Å². The molecule has 8 heteroatoms. The van der Waals surface area contributed by atoms with Crippen molar-refractivity contribution in [1.29, 1.82) is 5.41 Å². The predicted octanol–water partition coefficient (Wildman–Crippen LogP) is 4.88. The molecule has 0 unspecified atom stereocenters. The predicted molar refractivity (Wildman–Crippen MR) is 129 cm³/mol. The number of hydrogen-bond donors (Lipinski definition) is 2. The van der Waals surface area contributed by atoms with Crippen LogP contribution < -0.4 is 10.1 Å². The molecule has 2 aromatic carbocycles. The zero-order valence-electron chi connectivity index (χ0n) is 20.0. The summed E-state index contributed by atoms with van der Waals surface area (Å²) in [7, 11) is 7.61. The summed E-state index contributed by atoms with van der Waals surface area (Å²) in [5.74, 6) is -2.11. The number of nitrogens with zero attached hydrogens (tertiary/aromatic N) is 3. The molecule has 0 radical (unpaired) electrons. The number of aromatic nitrogens is 2. The number of rotatable bonds is 9. The molecule has 0 spiro atoms. The molecule has 6 nitrogen and oxygen atoms in total. The molecule has 0 aliphatic carbocycles. The highest BCUT2D eigenvalue weighted by Crippen LogP contribution is 2.36. The third-order valence-electron chi connectivity index (χ3n) is 5.63. The zero-order chi connectivity index (χ0) is 24.3. The van der Waals surface area contributed by atoms with E-state index < -0.39 is 11.6 Å². The molecule has 1 aromatic heterocycles. The maximum atomic E-state index is 14.8. The molecule has 0 fully saturated rings. The summed E-state index contributed by atoms with van der Waals surface area (Å²) in [5.41, 5.74) is 5.08. The van der Waals surface area contributed by atoms with Crippen LogP contribution in [-0.4, -0.2) is 48.1 Å². The van der Waals surface area contributed by atoms with E-state index in [-0.39, 0.29) is 12.4 Å². The number of halogens is 2. The standard InChI is InChI=1S/C25H31F2N5O/c1-15(28)18(16(2)29-3)11-12-33-25-19(8-9-21(26)24(25)27)17-7-10-23-20(13-17)22(14-31(4)5)30-32(23)6/h7-10,13,28-29H,11-12,14H2,1-6H3/b18-16-,28-15?. The quantitative estimate of drug-likeness (QED) is 0.451. The molecule has 0 atom stereocenters. The van der Waals surface area contributed by atoms with Crippen LogP contribution in [0, 0.1) is 17.0 Å². The van der Waals surface area contributed by atoms with E-state index in [2.05, 4.69) is 10.4 Å². The Bertz CT molecular complexity index is 1210. The van der Waals surface area contributed by atoms with E-state index in [0.717, 1.165) is 39.5 Å². The van der Waals surface area contributed by atoms with E-state index in [1.807, 2.05) is 55.8 Å². The van der Waals surface area contributed by atoms with Crippen LogP contribution in [0.3, 0.4) is 0 Å². The molecule has 0 amide bonds. The van der Waals surface area contributed by atoms with Crippen molar-refractivity contribution in [2.24, 2.45) is 7.05 Å². The maximum absolute atomic E-state index is 14.8. The summed E-state index contributed by atoms with van der Waals surface area (Å²) in [5, 5.41) is 16.6. The van der Waals surface area contributed by atoms with Gasteiger partial charge in [-0.05, 0) is 63.3 Å². The smallest absolute Gasteiger partial charge is 0.201 e. The molecule has 2 N–H and O–H groups in total. The third kappa shape index (κ3) is 5.22. The first kappa shape index (κ1) is 24.4. The number of benzene rings is 2. The summed E-state index contributed by atoms with van der Waals surface area (Å²) in [4.78, 5) is 2.03. The van der Waals surface area contributed by atoms with Gasteiger partial charge in [-0.25, -0.2) is 4.39 Å². The number of hydrogen-bond acceptors (Lipinski definition) is 5. The number of nitrogens with one attached hydrogen (secondary N) is 2. The van der Waals surface area contributed by atoms with Crippen molar-refractivity contribution >= 4 is 16.6 Å². The van der Waals surface area contributed by atoms with Crippen molar-refractivity contribution in [2.75, 3.05) is 27.7 Å². The summed E-state index contributed by atoms with van der Waals surface area (Å²) in [6.45, 7) is 4.33. The first-order valence-electron chi connectivity index (χ1n) is 10.8. The van der Waals surface area contributed by atoms with E-state index in [1.54, 1.807) is 14.0 Å². The van der Waals surface area contributed by atoms with Crippen molar-refractivity contribution in [1.82, 2.24) is 20.0 Å². The van der Waals surface area contributed by atoms with Crippen LogP contribution in [0.25, 0.3) is 22.0 Å². The van der Waals surface area contributed by atoms with Crippen molar-refractivity contribution < 1.29 is 13.5 Å². The molecule has 0 bridgehead atoms. The van der Waals surface area contributed by atoms with Gasteiger partial charge >= 0.3 is 0 Å². The summed E-state index contributed by atoms with van der Waals surface area (Å²) >= 11 is 0. The molecule has 0 aliphatic heterocycles. The highest BCUT2D eigenvalue weighted by molar-refractivity contribution is 5.96. The Morgan fingerprint density at radius 2 is 1.91 bits per heavy atom. The van der Waals surface area contributed by atoms with E-state index in [9.17, 15) is 8.78 Å². The largest absolute Gasteiger partial charge is 0.489 e. The molecule has 176 valence electrons. The monoisotopic (exact) mass is 455 g/mol. The highest BCUT2D eigenvalue weighted by Gasteiger charge is 2.19. The highest BCUT2D eigenvalue weighted by atomic mass is 19.2. The van der Waals surface area contributed by atoms with Gasteiger partial charge in [0, 0.05) is 49.4 Å². The van der Waals surface area contributed by atoms with Crippen LogP contribution in [0.2, 0.25) is 0 Å². The Morgan fingerprint density at radius 1 is 1.18 bits per heavy atom. The minimum Gasteiger partial charge on any atom is -0.489 e. The van der Waals surface area contributed by atoms with Crippen molar-refractivity contribution in [3.05, 3.63) is 58.9 Å². The van der Waals surface area contributed by atoms with Gasteiger partial charge in [0.15, 0.2) is 11.6 Å². The number of aryl methyl sites for hydroxylation is 1. The van der Waals surface area contributed by atoms with Crippen molar-refractivity contribution in [2.45, 2.75) is 26.8 Å². The minimum atomic E-state index is -1.02. The molecule has 0 saturated carbocycles. The van der Waals surface area contributed by atoms with Crippen LogP contribution in [0.1, 0.15) is 26.0 Å². The van der Waals surface area contributed by atoms with Crippen LogP contribution >= 0.6 is 0 Å². The zero-order valence-corrected chi connectivity index (χ0v) is 20.0. The van der Waals surface area contributed by atoms with Crippen molar-refractivity contribution in [3.8, 4) is 16.9 Å². The van der Waals surface area contributed by atoms with Crippen LogP contribution in [0.4, 0.5) is 8.78 Å². The molecule has 33 heavy (non-hydrogen) atoms. The Kier molecular flexibility index (Phi) is 7.48. The topological polar surface area (TPSA) is 66.2 Å². The lowest BCUT2D eigenvalue weighted by Gasteiger charge is -2.16. The normalized spacial score (nSPS) is 12.3. The Labute approximate surface area is 193 Å². The second-order valence-corrected chi connectivity index (χ2v) is 8.36. The SMILES string of the molecule is CN/C(C)=C(/CCOc1c(-c2ccc3c(c2)c(CN(C)C)nn3C)ccc(F)c1F)C(C)=N. The van der Waals surface area contributed by atoms with Crippen molar-refractivity contribution in [3.63, 3.8) is 0 Å². The fourth-order valence-corrected chi connectivity index (χ4v) is 3.88. The Balaban J connectivity index is 2.00. The lowest BCUT2D eigenvalue weighted by Crippen LogP contribution is -2.13.